The highest BCUT2D eigenvalue weighted by molar-refractivity contribution is 5.97. The standard InChI is InChI=1S/C16H12F3N3O4/c17-10-5-4-8(7-13(10)22(25)26)6-12(15(20)23)21-16(24)9-2-1-3-11(18)14(9)19/h1-5,7,12H,6H2,(H2,20,23)(H,21,24)/t12-/m0/s1. The van der Waals surface area contributed by atoms with Gasteiger partial charge in [-0.3, -0.25) is 19.7 Å². The molecule has 0 saturated carbocycles. The first kappa shape index (κ1) is 18.9. The summed E-state index contributed by atoms with van der Waals surface area (Å²) >= 11 is 0. The quantitative estimate of drug-likeness (QED) is 0.599. The summed E-state index contributed by atoms with van der Waals surface area (Å²) in [6, 6.07) is 4.45. The Labute approximate surface area is 144 Å². The van der Waals surface area contributed by atoms with Crippen LogP contribution in [0.1, 0.15) is 15.9 Å². The number of nitro benzene ring substituents is 1. The van der Waals surface area contributed by atoms with Crippen molar-refractivity contribution in [3.05, 3.63) is 75.1 Å². The fourth-order valence-corrected chi connectivity index (χ4v) is 2.20. The Morgan fingerprint density at radius 3 is 2.46 bits per heavy atom. The van der Waals surface area contributed by atoms with Crippen LogP contribution >= 0.6 is 0 Å². The highest BCUT2D eigenvalue weighted by Gasteiger charge is 2.24. The Hall–Kier alpha value is -3.43. The molecule has 2 rings (SSSR count). The van der Waals surface area contributed by atoms with E-state index in [0.29, 0.717) is 0 Å². The summed E-state index contributed by atoms with van der Waals surface area (Å²) < 4.78 is 40.2. The van der Waals surface area contributed by atoms with Crippen LogP contribution in [0, 0.1) is 27.6 Å². The van der Waals surface area contributed by atoms with Crippen LogP contribution in [0.15, 0.2) is 36.4 Å². The minimum absolute atomic E-state index is 0.141. The maximum Gasteiger partial charge on any atom is 0.305 e. The van der Waals surface area contributed by atoms with Crippen LogP contribution in [0.4, 0.5) is 18.9 Å². The third-order valence-electron chi connectivity index (χ3n) is 3.49. The van der Waals surface area contributed by atoms with Crippen molar-refractivity contribution < 1.29 is 27.7 Å². The molecule has 10 heteroatoms. The first-order chi connectivity index (χ1) is 12.2. The van der Waals surface area contributed by atoms with Crippen molar-refractivity contribution in [3.8, 4) is 0 Å². The van der Waals surface area contributed by atoms with Gasteiger partial charge in [0.05, 0.1) is 10.5 Å². The normalized spacial score (nSPS) is 11.7. The van der Waals surface area contributed by atoms with Crippen LogP contribution in [0.3, 0.4) is 0 Å². The number of nitrogens with two attached hydrogens (primary N) is 1. The molecule has 0 spiro atoms. The number of nitrogens with one attached hydrogen (secondary N) is 1. The van der Waals surface area contributed by atoms with Gasteiger partial charge in [-0.05, 0) is 23.8 Å². The van der Waals surface area contributed by atoms with Gasteiger partial charge < -0.3 is 11.1 Å². The molecule has 0 radical (unpaired) electrons. The van der Waals surface area contributed by atoms with Gasteiger partial charge in [0.15, 0.2) is 11.6 Å². The SMILES string of the molecule is NC(=O)[C@H](Cc1ccc(F)c([N+](=O)[O-])c1)NC(=O)c1cccc(F)c1F. The largest absolute Gasteiger partial charge is 0.368 e. The second-order valence-electron chi connectivity index (χ2n) is 5.28. The van der Waals surface area contributed by atoms with Crippen LogP contribution in [0.25, 0.3) is 0 Å². The molecule has 2 aromatic carbocycles. The van der Waals surface area contributed by atoms with Crippen molar-refractivity contribution in [3.63, 3.8) is 0 Å². The van der Waals surface area contributed by atoms with Crippen molar-refractivity contribution in [2.75, 3.05) is 0 Å². The Morgan fingerprint density at radius 1 is 1.15 bits per heavy atom. The molecule has 0 aliphatic carbocycles. The Kier molecular flexibility index (Phi) is 5.55. The zero-order chi connectivity index (χ0) is 19.4. The molecule has 0 heterocycles. The number of primary amides is 1. The zero-order valence-corrected chi connectivity index (χ0v) is 13.0. The van der Waals surface area contributed by atoms with E-state index in [-0.39, 0.29) is 12.0 Å². The topological polar surface area (TPSA) is 115 Å². The molecule has 0 saturated heterocycles. The average Bonchev–Trinajstić information content (AvgIpc) is 2.57. The van der Waals surface area contributed by atoms with Crippen molar-refractivity contribution in [2.24, 2.45) is 5.73 Å². The number of nitro groups is 1. The van der Waals surface area contributed by atoms with E-state index >= 15 is 0 Å². The number of hydrogen-bond donors (Lipinski definition) is 2. The van der Waals surface area contributed by atoms with Gasteiger partial charge in [-0.15, -0.1) is 0 Å². The molecule has 0 fully saturated rings. The second-order valence-corrected chi connectivity index (χ2v) is 5.28. The number of carbonyl (C=O) groups excluding carboxylic acids is 2. The molecule has 0 aromatic heterocycles. The van der Waals surface area contributed by atoms with E-state index < -0.39 is 51.5 Å². The molecule has 0 aliphatic heterocycles. The molecule has 2 amide bonds. The van der Waals surface area contributed by atoms with Crippen molar-refractivity contribution in [2.45, 2.75) is 12.5 Å². The molecule has 2 aromatic rings. The summed E-state index contributed by atoms with van der Waals surface area (Å²) in [4.78, 5) is 33.4. The number of halogens is 3. The summed E-state index contributed by atoms with van der Waals surface area (Å²) in [5, 5.41) is 12.9. The molecule has 7 nitrogen and oxygen atoms in total. The van der Waals surface area contributed by atoms with E-state index in [1.54, 1.807) is 0 Å². The number of carbonyl (C=O) groups is 2. The van der Waals surface area contributed by atoms with Crippen LogP contribution in [0.5, 0.6) is 0 Å². The molecular weight excluding hydrogens is 355 g/mol. The third kappa shape index (κ3) is 4.15. The van der Waals surface area contributed by atoms with Crippen molar-refractivity contribution >= 4 is 17.5 Å². The lowest BCUT2D eigenvalue weighted by atomic mass is 10.0. The number of benzene rings is 2. The van der Waals surface area contributed by atoms with E-state index in [0.717, 1.165) is 30.3 Å². The van der Waals surface area contributed by atoms with E-state index in [1.165, 1.54) is 6.07 Å². The molecule has 3 N–H and O–H groups in total. The predicted octanol–water partition coefficient (Wildman–Crippen LogP) is 1.84. The number of nitrogens with zero attached hydrogens (tertiary/aromatic N) is 1. The molecule has 26 heavy (non-hydrogen) atoms. The van der Waals surface area contributed by atoms with Gasteiger partial charge >= 0.3 is 5.69 Å². The van der Waals surface area contributed by atoms with Crippen molar-refractivity contribution in [1.29, 1.82) is 0 Å². The molecule has 136 valence electrons. The summed E-state index contributed by atoms with van der Waals surface area (Å²) in [6.07, 6.45) is -0.306. The van der Waals surface area contributed by atoms with Crippen LogP contribution in [0.2, 0.25) is 0 Å². The van der Waals surface area contributed by atoms with Gasteiger partial charge in [0.2, 0.25) is 11.7 Å². The monoisotopic (exact) mass is 367 g/mol. The predicted molar refractivity (Wildman–Crippen MR) is 83.6 cm³/mol. The van der Waals surface area contributed by atoms with Crippen LogP contribution < -0.4 is 11.1 Å². The van der Waals surface area contributed by atoms with E-state index in [1.807, 2.05) is 0 Å². The Morgan fingerprint density at radius 2 is 1.85 bits per heavy atom. The smallest absolute Gasteiger partial charge is 0.305 e. The van der Waals surface area contributed by atoms with Gasteiger partial charge in [0.25, 0.3) is 5.91 Å². The van der Waals surface area contributed by atoms with Crippen LogP contribution in [-0.2, 0) is 11.2 Å². The first-order valence-electron chi connectivity index (χ1n) is 7.17. The Bertz CT molecular complexity index is 889. The maximum absolute atomic E-state index is 13.6. The maximum atomic E-state index is 13.6. The number of amides is 2. The third-order valence-corrected chi connectivity index (χ3v) is 3.49. The minimum atomic E-state index is -1.40. The summed E-state index contributed by atoms with van der Waals surface area (Å²) in [5.74, 6) is -5.82. The van der Waals surface area contributed by atoms with Gasteiger partial charge in [-0.2, -0.15) is 4.39 Å². The van der Waals surface area contributed by atoms with Crippen LogP contribution in [-0.4, -0.2) is 22.8 Å². The number of hydrogen-bond acceptors (Lipinski definition) is 4. The van der Waals surface area contributed by atoms with Gasteiger partial charge in [0.1, 0.15) is 6.04 Å². The van der Waals surface area contributed by atoms with E-state index in [4.69, 9.17) is 5.73 Å². The van der Waals surface area contributed by atoms with E-state index in [9.17, 15) is 32.9 Å². The highest BCUT2D eigenvalue weighted by Crippen LogP contribution is 2.19. The molecule has 1 atom stereocenters. The molecular formula is C16H12F3N3O4. The molecule has 0 unspecified atom stereocenters. The minimum Gasteiger partial charge on any atom is -0.368 e. The number of rotatable bonds is 6. The van der Waals surface area contributed by atoms with Gasteiger partial charge in [-0.1, -0.05) is 12.1 Å². The summed E-state index contributed by atoms with van der Waals surface area (Å²) in [7, 11) is 0. The van der Waals surface area contributed by atoms with Crippen molar-refractivity contribution in [1.82, 2.24) is 5.32 Å². The fourth-order valence-electron chi connectivity index (χ4n) is 2.20. The lowest BCUT2D eigenvalue weighted by molar-refractivity contribution is -0.387. The lowest BCUT2D eigenvalue weighted by Gasteiger charge is -2.16. The molecule has 0 bridgehead atoms. The molecule has 0 aliphatic rings. The average molecular weight is 367 g/mol. The summed E-state index contributed by atoms with van der Waals surface area (Å²) in [6.45, 7) is 0. The first-order valence-corrected chi connectivity index (χ1v) is 7.17. The Balaban J connectivity index is 2.23. The highest BCUT2D eigenvalue weighted by atomic mass is 19.2. The second kappa shape index (κ2) is 7.64. The van der Waals surface area contributed by atoms with Gasteiger partial charge in [-0.25, -0.2) is 8.78 Å². The zero-order valence-electron chi connectivity index (χ0n) is 13.0. The van der Waals surface area contributed by atoms with E-state index in [2.05, 4.69) is 5.32 Å². The van der Waals surface area contributed by atoms with Gasteiger partial charge in [0, 0.05) is 12.5 Å². The summed E-state index contributed by atoms with van der Waals surface area (Å²) in [5.41, 5.74) is 3.87. The fraction of sp³-hybridized carbons (Fsp3) is 0.125. The lowest BCUT2D eigenvalue weighted by Crippen LogP contribution is -2.46.